The Balaban J connectivity index is 1.75. The van der Waals surface area contributed by atoms with E-state index in [2.05, 4.69) is 25.8 Å². The van der Waals surface area contributed by atoms with Crippen molar-refractivity contribution in [1.82, 2.24) is 20.4 Å². The molecule has 3 rings (SSSR count). The summed E-state index contributed by atoms with van der Waals surface area (Å²) in [6.45, 7) is 0.804. The number of nitro groups is 1. The number of carbonyl (C=O) groups is 2. The summed E-state index contributed by atoms with van der Waals surface area (Å²) in [5, 5.41) is 11.7. The lowest BCUT2D eigenvalue weighted by Crippen LogP contribution is -2.38. The zero-order valence-corrected chi connectivity index (χ0v) is 15.6. The molecule has 2 aromatic rings. The number of hydrogen-bond acceptors (Lipinski definition) is 10. The van der Waals surface area contributed by atoms with Gasteiger partial charge in [-0.3, -0.25) is 35.5 Å². The van der Waals surface area contributed by atoms with Crippen molar-refractivity contribution in [3.63, 3.8) is 0 Å². The molecular formula is C17H19N7O5. The number of hydrogen-bond donors (Lipinski definition) is 2. The molecule has 12 heteroatoms. The summed E-state index contributed by atoms with van der Waals surface area (Å²) in [6.07, 6.45) is 5.05. The predicted molar refractivity (Wildman–Crippen MR) is 101 cm³/mol. The lowest BCUT2D eigenvalue weighted by Gasteiger charge is -2.31. The maximum Gasteiger partial charge on any atom is 0.355 e. The van der Waals surface area contributed by atoms with Crippen molar-refractivity contribution < 1.29 is 19.2 Å². The Kier molecular flexibility index (Phi) is 6.12. The number of anilines is 2. The van der Waals surface area contributed by atoms with Crippen LogP contribution in [-0.2, 0) is 9.53 Å². The number of amides is 1. The lowest BCUT2D eigenvalue weighted by molar-refractivity contribution is -0.383. The van der Waals surface area contributed by atoms with Crippen LogP contribution >= 0.6 is 0 Å². The number of pyridine rings is 1. The Hall–Kier alpha value is -3.83. The van der Waals surface area contributed by atoms with Crippen molar-refractivity contribution in [2.45, 2.75) is 12.8 Å². The van der Waals surface area contributed by atoms with E-state index in [4.69, 9.17) is 4.74 Å². The average Bonchev–Trinajstić information content (AvgIpc) is 2.77. The molecule has 1 fully saturated rings. The number of methoxy groups -OCH3 is 1. The van der Waals surface area contributed by atoms with E-state index in [1.807, 2.05) is 0 Å². The van der Waals surface area contributed by atoms with Crippen LogP contribution < -0.4 is 15.8 Å². The number of piperidine rings is 1. The summed E-state index contributed by atoms with van der Waals surface area (Å²) in [4.78, 5) is 48.4. The van der Waals surface area contributed by atoms with Crippen LogP contribution in [0, 0.1) is 16.0 Å². The standard InChI is InChI=1S/C17H19N7O5/c1-29-17(26)11-4-7-23(8-5-11)15-13(24(27)28)14(19-10-20-15)21-22-16(25)12-3-2-6-18-9-12/h2-3,6,9-11H,4-5,7-8H2,1H3,(H,22,25)(H,19,20,21). The number of hydrazine groups is 1. The molecule has 29 heavy (non-hydrogen) atoms. The van der Waals surface area contributed by atoms with Crippen molar-refractivity contribution in [2.75, 3.05) is 30.5 Å². The van der Waals surface area contributed by atoms with E-state index in [-0.39, 0.29) is 34.8 Å². The number of esters is 1. The molecule has 1 aliphatic rings. The maximum atomic E-state index is 12.1. The van der Waals surface area contributed by atoms with Gasteiger partial charge in [-0.15, -0.1) is 0 Å². The van der Waals surface area contributed by atoms with Crippen LogP contribution in [0.1, 0.15) is 23.2 Å². The van der Waals surface area contributed by atoms with Crippen molar-refractivity contribution in [2.24, 2.45) is 5.92 Å². The van der Waals surface area contributed by atoms with Crippen LogP contribution in [0.3, 0.4) is 0 Å². The van der Waals surface area contributed by atoms with Crippen LogP contribution in [0.2, 0.25) is 0 Å². The van der Waals surface area contributed by atoms with Gasteiger partial charge in [-0.05, 0) is 25.0 Å². The van der Waals surface area contributed by atoms with Gasteiger partial charge in [0.25, 0.3) is 5.91 Å². The number of nitrogens with one attached hydrogen (secondary N) is 2. The Morgan fingerprint density at radius 2 is 2.07 bits per heavy atom. The summed E-state index contributed by atoms with van der Waals surface area (Å²) < 4.78 is 4.76. The van der Waals surface area contributed by atoms with E-state index in [0.717, 1.165) is 0 Å². The van der Waals surface area contributed by atoms with Gasteiger partial charge in [0, 0.05) is 25.5 Å². The minimum absolute atomic E-state index is 0.117. The monoisotopic (exact) mass is 401 g/mol. The fraction of sp³-hybridized carbons (Fsp3) is 0.353. The molecule has 0 aliphatic carbocycles. The van der Waals surface area contributed by atoms with Gasteiger partial charge in [0.05, 0.1) is 23.5 Å². The van der Waals surface area contributed by atoms with E-state index in [1.54, 1.807) is 17.0 Å². The van der Waals surface area contributed by atoms with Gasteiger partial charge in [0.1, 0.15) is 6.33 Å². The van der Waals surface area contributed by atoms with Crippen LogP contribution in [0.15, 0.2) is 30.9 Å². The van der Waals surface area contributed by atoms with Crippen LogP contribution in [0.4, 0.5) is 17.3 Å². The molecule has 0 spiro atoms. The largest absolute Gasteiger partial charge is 0.469 e. The molecule has 0 saturated carbocycles. The Bertz CT molecular complexity index is 900. The number of aromatic nitrogens is 3. The molecule has 1 aliphatic heterocycles. The molecule has 152 valence electrons. The normalized spacial score (nSPS) is 14.2. The number of ether oxygens (including phenoxy) is 1. The molecular weight excluding hydrogens is 382 g/mol. The predicted octanol–water partition coefficient (Wildman–Crippen LogP) is 0.926. The SMILES string of the molecule is COC(=O)C1CCN(c2ncnc(NNC(=O)c3cccnc3)c2[N+](=O)[O-])CC1. The lowest BCUT2D eigenvalue weighted by atomic mass is 9.97. The van der Waals surface area contributed by atoms with Crippen molar-refractivity contribution in [3.8, 4) is 0 Å². The van der Waals surface area contributed by atoms with Gasteiger partial charge in [0.15, 0.2) is 0 Å². The minimum atomic E-state index is -0.611. The molecule has 0 bridgehead atoms. The molecule has 3 heterocycles. The van der Waals surface area contributed by atoms with E-state index >= 15 is 0 Å². The third kappa shape index (κ3) is 4.54. The van der Waals surface area contributed by atoms with E-state index in [9.17, 15) is 19.7 Å². The quantitative estimate of drug-likeness (QED) is 0.406. The number of rotatable bonds is 6. The van der Waals surface area contributed by atoms with Gasteiger partial charge >= 0.3 is 11.7 Å². The van der Waals surface area contributed by atoms with Gasteiger partial charge in [0.2, 0.25) is 11.6 Å². The molecule has 0 radical (unpaired) electrons. The maximum absolute atomic E-state index is 12.1. The van der Waals surface area contributed by atoms with Gasteiger partial charge in [-0.25, -0.2) is 9.97 Å². The number of carbonyl (C=O) groups excluding carboxylic acids is 2. The van der Waals surface area contributed by atoms with E-state index < -0.39 is 10.8 Å². The first-order valence-electron chi connectivity index (χ1n) is 8.79. The summed E-state index contributed by atoms with van der Waals surface area (Å²) >= 11 is 0. The average molecular weight is 401 g/mol. The van der Waals surface area contributed by atoms with Crippen LogP contribution in [-0.4, -0.2) is 52.0 Å². The zero-order valence-electron chi connectivity index (χ0n) is 15.6. The van der Waals surface area contributed by atoms with E-state index in [0.29, 0.717) is 25.9 Å². The van der Waals surface area contributed by atoms with Crippen LogP contribution in [0.25, 0.3) is 0 Å². The molecule has 1 amide bonds. The molecule has 0 unspecified atom stereocenters. The molecule has 1 saturated heterocycles. The zero-order chi connectivity index (χ0) is 20.8. The Morgan fingerprint density at radius 3 is 2.69 bits per heavy atom. The molecule has 0 aromatic carbocycles. The minimum Gasteiger partial charge on any atom is -0.469 e. The molecule has 12 nitrogen and oxygen atoms in total. The second kappa shape index (κ2) is 8.91. The highest BCUT2D eigenvalue weighted by Crippen LogP contribution is 2.33. The van der Waals surface area contributed by atoms with Crippen molar-refractivity contribution in [3.05, 3.63) is 46.5 Å². The Morgan fingerprint density at radius 1 is 1.31 bits per heavy atom. The third-order valence-corrected chi connectivity index (χ3v) is 4.53. The van der Waals surface area contributed by atoms with Crippen molar-refractivity contribution in [1.29, 1.82) is 0 Å². The highest BCUT2D eigenvalue weighted by Gasteiger charge is 2.32. The second-order valence-corrected chi connectivity index (χ2v) is 6.26. The fourth-order valence-electron chi connectivity index (χ4n) is 3.04. The van der Waals surface area contributed by atoms with Crippen molar-refractivity contribution >= 4 is 29.2 Å². The summed E-state index contributed by atoms with van der Waals surface area (Å²) in [5.74, 6) is -1.08. The first-order chi connectivity index (χ1) is 14.0. The molecule has 2 aromatic heterocycles. The fourth-order valence-corrected chi connectivity index (χ4v) is 3.04. The Labute approximate surface area is 165 Å². The second-order valence-electron chi connectivity index (χ2n) is 6.26. The van der Waals surface area contributed by atoms with Gasteiger partial charge < -0.3 is 9.64 Å². The summed E-state index contributed by atoms with van der Waals surface area (Å²) in [6, 6.07) is 3.15. The highest BCUT2D eigenvalue weighted by atomic mass is 16.6. The molecule has 2 N–H and O–H groups in total. The van der Waals surface area contributed by atoms with Gasteiger partial charge in [-0.1, -0.05) is 0 Å². The molecule has 0 atom stereocenters. The third-order valence-electron chi connectivity index (χ3n) is 4.53. The van der Waals surface area contributed by atoms with E-state index in [1.165, 1.54) is 25.8 Å². The first-order valence-corrected chi connectivity index (χ1v) is 8.79. The summed E-state index contributed by atoms with van der Waals surface area (Å²) in [7, 11) is 1.34. The first kappa shape index (κ1) is 19.9. The topological polar surface area (TPSA) is 152 Å². The van der Waals surface area contributed by atoms with Gasteiger partial charge in [-0.2, -0.15) is 0 Å². The highest BCUT2D eigenvalue weighted by molar-refractivity contribution is 5.94. The van der Waals surface area contributed by atoms with Crippen LogP contribution in [0.5, 0.6) is 0 Å². The summed E-state index contributed by atoms with van der Waals surface area (Å²) in [5.41, 5.74) is 4.77. The number of nitrogens with zero attached hydrogens (tertiary/aromatic N) is 5. The smallest absolute Gasteiger partial charge is 0.355 e.